The van der Waals surface area contributed by atoms with Gasteiger partial charge in [-0.15, -0.1) is 0 Å². The summed E-state index contributed by atoms with van der Waals surface area (Å²) in [6, 6.07) is 8.76. The maximum Gasteiger partial charge on any atom is 0.130 e. The van der Waals surface area contributed by atoms with Crippen molar-refractivity contribution in [2.75, 3.05) is 0 Å². The third-order valence-electron chi connectivity index (χ3n) is 4.40. The first-order valence-corrected chi connectivity index (χ1v) is 7.44. The van der Waals surface area contributed by atoms with E-state index >= 15 is 0 Å². The summed E-state index contributed by atoms with van der Waals surface area (Å²) in [6.07, 6.45) is 2.96. The lowest BCUT2D eigenvalue weighted by molar-refractivity contribution is 0.436. The van der Waals surface area contributed by atoms with E-state index in [4.69, 9.17) is 17.3 Å². The van der Waals surface area contributed by atoms with Crippen LogP contribution < -0.4 is 5.73 Å². The SMILES string of the molecule is Cc1nn(C)c(Cl)c1CC(N)C1Cc2ccccc2C1. The van der Waals surface area contributed by atoms with Gasteiger partial charge in [-0.1, -0.05) is 35.9 Å². The Labute approximate surface area is 124 Å². The number of nitrogens with two attached hydrogens (primary N) is 1. The maximum atomic E-state index is 6.44. The first-order valence-electron chi connectivity index (χ1n) is 7.06. The Kier molecular flexibility index (Phi) is 3.57. The first kappa shape index (κ1) is 13.7. The molecular formula is C16H20ClN3. The quantitative estimate of drug-likeness (QED) is 0.944. The highest BCUT2D eigenvalue weighted by molar-refractivity contribution is 6.30. The van der Waals surface area contributed by atoms with Crippen LogP contribution in [0.2, 0.25) is 5.15 Å². The van der Waals surface area contributed by atoms with Gasteiger partial charge in [0.1, 0.15) is 5.15 Å². The van der Waals surface area contributed by atoms with Gasteiger partial charge < -0.3 is 5.73 Å². The molecule has 1 heterocycles. The van der Waals surface area contributed by atoms with Crippen LogP contribution in [0.25, 0.3) is 0 Å². The lowest BCUT2D eigenvalue weighted by atomic mass is 9.92. The van der Waals surface area contributed by atoms with E-state index in [-0.39, 0.29) is 6.04 Å². The van der Waals surface area contributed by atoms with E-state index in [1.54, 1.807) is 4.68 Å². The fourth-order valence-corrected chi connectivity index (χ4v) is 3.46. The number of fused-ring (bicyclic) bond motifs is 1. The molecule has 3 rings (SSSR count). The topological polar surface area (TPSA) is 43.8 Å². The largest absolute Gasteiger partial charge is 0.327 e. The van der Waals surface area contributed by atoms with Crippen LogP contribution in [0, 0.1) is 12.8 Å². The number of hydrogen-bond acceptors (Lipinski definition) is 2. The lowest BCUT2D eigenvalue weighted by Crippen LogP contribution is -2.33. The Morgan fingerprint density at radius 3 is 2.45 bits per heavy atom. The third kappa shape index (κ3) is 2.36. The van der Waals surface area contributed by atoms with Crippen LogP contribution in [0.1, 0.15) is 22.4 Å². The van der Waals surface area contributed by atoms with E-state index < -0.39 is 0 Å². The summed E-state index contributed by atoms with van der Waals surface area (Å²) in [6.45, 7) is 2.00. The molecule has 1 unspecified atom stereocenters. The minimum absolute atomic E-state index is 0.128. The summed E-state index contributed by atoms with van der Waals surface area (Å²) in [5.41, 5.74) is 11.4. The highest BCUT2D eigenvalue weighted by Crippen LogP contribution is 2.30. The van der Waals surface area contributed by atoms with Crippen LogP contribution in [-0.4, -0.2) is 15.8 Å². The fraction of sp³-hybridized carbons (Fsp3) is 0.438. The van der Waals surface area contributed by atoms with Crippen LogP contribution in [-0.2, 0) is 26.3 Å². The van der Waals surface area contributed by atoms with E-state index in [9.17, 15) is 0 Å². The van der Waals surface area contributed by atoms with Crippen molar-refractivity contribution in [3.63, 3.8) is 0 Å². The molecule has 2 N–H and O–H groups in total. The molecule has 1 aromatic heterocycles. The van der Waals surface area contributed by atoms with E-state index in [0.29, 0.717) is 11.1 Å². The van der Waals surface area contributed by atoms with Crippen molar-refractivity contribution in [3.8, 4) is 0 Å². The summed E-state index contributed by atoms with van der Waals surface area (Å²) in [4.78, 5) is 0. The zero-order valence-corrected chi connectivity index (χ0v) is 12.7. The average molecular weight is 290 g/mol. The van der Waals surface area contributed by atoms with Crippen molar-refractivity contribution >= 4 is 11.6 Å². The highest BCUT2D eigenvalue weighted by atomic mass is 35.5. The van der Waals surface area contributed by atoms with Gasteiger partial charge in [0.05, 0.1) is 5.69 Å². The number of hydrogen-bond donors (Lipinski definition) is 1. The minimum atomic E-state index is 0.128. The summed E-state index contributed by atoms with van der Waals surface area (Å²) < 4.78 is 1.72. The second kappa shape index (κ2) is 5.23. The van der Waals surface area contributed by atoms with Crippen molar-refractivity contribution in [2.45, 2.75) is 32.2 Å². The van der Waals surface area contributed by atoms with E-state index in [0.717, 1.165) is 30.5 Å². The number of nitrogens with zero attached hydrogens (tertiary/aromatic N) is 2. The normalized spacial score (nSPS) is 16.4. The second-order valence-corrected chi connectivity index (χ2v) is 6.14. The Morgan fingerprint density at radius 1 is 1.35 bits per heavy atom. The molecule has 1 aromatic carbocycles. The third-order valence-corrected chi connectivity index (χ3v) is 4.87. The Balaban J connectivity index is 1.74. The molecule has 1 aliphatic carbocycles. The zero-order chi connectivity index (χ0) is 14.3. The zero-order valence-electron chi connectivity index (χ0n) is 11.9. The number of rotatable bonds is 3. The van der Waals surface area contributed by atoms with Gasteiger partial charge in [-0.3, -0.25) is 4.68 Å². The molecule has 0 amide bonds. The molecule has 0 bridgehead atoms. The number of benzene rings is 1. The van der Waals surface area contributed by atoms with Crippen LogP contribution in [0.15, 0.2) is 24.3 Å². The van der Waals surface area contributed by atoms with Crippen LogP contribution in [0.4, 0.5) is 0 Å². The van der Waals surface area contributed by atoms with Crippen molar-refractivity contribution in [1.82, 2.24) is 9.78 Å². The molecule has 106 valence electrons. The number of aryl methyl sites for hydroxylation is 2. The van der Waals surface area contributed by atoms with Gasteiger partial charge in [-0.25, -0.2) is 0 Å². The summed E-state index contributed by atoms with van der Waals surface area (Å²) in [7, 11) is 1.87. The molecule has 0 spiro atoms. The molecule has 0 aliphatic heterocycles. The Morgan fingerprint density at radius 2 is 1.95 bits per heavy atom. The van der Waals surface area contributed by atoms with Crippen molar-refractivity contribution in [1.29, 1.82) is 0 Å². The molecule has 3 nitrogen and oxygen atoms in total. The molecule has 0 radical (unpaired) electrons. The van der Waals surface area contributed by atoms with Crippen molar-refractivity contribution in [2.24, 2.45) is 18.7 Å². The molecule has 0 saturated heterocycles. The van der Waals surface area contributed by atoms with Gasteiger partial charge in [-0.05, 0) is 43.2 Å². The van der Waals surface area contributed by atoms with Crippen LogP contribution in [0.3, 0.4) is 0 Å². The van der Waals surface area contributed by atoms with Crippen LogP contribution >= 0.6 is 11.6 Å². The highest BCUT2D eigenvalue weighted by Gasteiger charge is 2.27. The van der Waals surface area contributed by atoms with E-state index in [1.807, 2.05) is 14.0 Å². The van der Waals surface area contributed by atoms with E-state index in [1.165, 1.54) is 11.1 Å². The molecule has 4 heteroatoms. The Hall–Kier alpha value is -1.32. The summed E-state index contributed by atoms with van der Waals surface area (Å²) in [5, 5.41) is 5.08. The smallest absolute Gasteiger partial charge is 0.130 e. The standard InChI is InChI=1S/C16H20ClN3/c1-10-14(16(17)20(2)19-10)9-15(18)13-7-11-5-3-4-6-12(11)8-13/h3-6,13,15H,7-9,18H2,1-2H3. The minimum Gasteiger partial charge on any atom is -0.327 e. The number of halogens is 1. The molecule has 20 heavy (non-hydrogen) atoms. The van der Waals surface area contributed by atoms with Gasteiger partial charge in [0.25, 0.3) is 0 Å². The number of aromatic nitrogens is 2. The summed E-state index contributed by atoms with van der Waals surface area (Å²) >= 11 is 6.30. The first-order chi connectivity index (χ1) is 9.56. The van der Waals surface area contributed by atoms with E-state index in [2.05, 4.69) is 29.4 Å². The van der Waals surface area contributed by atoms with Crippen molar-refractivity contribution in [3.05, 3.63) is 51.8 Å². The molecule has 0 fully saturated rings. The molecule has 2 aromatic rings. The monoisotopic (exact) mass is 289 g/mol. The predicted octanol–water partition coefficient (Wildman–Crippen LogP) is 2.67. The molecular weight excluding hydrogens is 270 g/mol. The van der Waals surface area contributed by atoms with Gasteiger partial charge in [0.2, 0.25) is 0 Å². The second-order valence-electron chi connectivity index (χ2n) is 5.78. The fourth-order valence-electron chi connectivity index (χ4n) is 3.20. The van der Waals surface area contributed by atoms with Gasteiger partial charge in [0, 0.05) is 18.7 Å². The molecule has 0 saturated carbocycles. The molecule has 1 atom stereocenters. The maximum absolute atomic E-state index is 6.44. The van der Waals surface area contributed by atoms with Gasteiger partial charge >= 0.3 is 0 Å². The van der Waals surface area contributed by atoms with Crippen LogP contribution in [0.5, 0.6) is 0 Å². The summed E-state index contributed by atoms with van der Waals surface area (Å²) in [5.74, 6) is 0.503. The van der Waals surface area contributed by atoms with Gasteiger partial charge in [0.15, 0.2) is 0 Å². The average Bonchev–Trinajstić information content (AvgIpc) is 2.95. The Bertz CT molecular complexity index is 608. The van der Waals surface area contributed by atoms with Crippen molar-refractivity contribution < 1.29 is 0 Å². The lowest BCUT2D eigenvalue weighted by Gasteiger charge is -2.18. The molecule has 1 aliphatic rings. The predicted molar refractivity (Wildman–Crippen MR) is 82.0 cm³/mol. The van der Waals surface area contributed by atoms with Gasteiger partial charge in [-0.2, -0.15) is 5.10 Å².